The SMILES string of the molecule is Cc1ccccc1-n1nc(C(=O)N/N=C\c2ccccc2)cc1-c1ccc2ccccc2c1. The Balaban J connectivity index is 1.54. The molecule has 1 aromatic heterocycles. The molecule has 0 atom stereocenters. The fourth-order valence-electron chi connectivity index (χ4n) is 3.79. The van der Waals surface area contributed by atoms with Crippen LogP contribution in [0, 0.1) is 6.92 Å². The van der Waals surface area contributed by atoms with E-state index in [4.69, 9.17) is 0 Å². The van der Waals surface area contributed by atoms with Crippen LogP contribution in [0.1, 0.15) is 21.6 Å². The van der Waals surface area contributed by atoms with Crippen molar-refractivity contribution in [2.75, 3.05) is 0 Å². The van der Waals surface area contributed by atoms with E-state index in [2.05, 4.69) is 46.0 Å². The summed E-state index contributed by atoms with van der Waals surface area (Å²) in [6.07, 6.45) is 1.61. The van der Waals surface area contributed by atoms with Crippen molar-refractivity contribution in [3.8, 4) is 16.9 Å². The van der Waals surface area contributed by atoms with Crippen LogP contribution in [0.2, 0.25) is 0 Å². The molecule has 4 aromatic carbocycles. The van der Waals surface area contributed by atoms with Gasteiger partial charge in [-0.3, -0.25) is 4.79 Å². The summed E-state index contributed by atoms with van der Waals surface area (Å²) < 4.78 is 1.83. The zero-order valence-corrected chi connectivity index (χ0v) is 18.1. The van der Waals surface area contributed by atoms with E-state index in [9.17, 15) is 4.79 Å². The third-order valence-corrected chi connectivity index (χ3v) is 5.51. The Morgan fingerprint density at radius 2 is 1.58 bits per heavy atom. The number of fused-ring (bicyclic) bond motifs is 1. The highest BCUT2D eigenvalue weighted by Crippen LogP contribution is 2.28. The molecule has 0 spiro atoms. The number of benzene rings is 4. The van der Waals surface area contributed by atoms with Crippen LogP contribution in [0.25, 0.3) is 27.7 Å². The number of nitrogens with one attached hydrogen (secondary N) is 1. The van der Waals surface area contributed by atoms with Gasteiger partial charge in [-0.1, -0.05) is 84.9 Å². The predicted molar refractivity (Wildman–Crippen MR) is 133 cm³/mol. The molecule has 0 aliphatic rings. The quantitative estimate of drug-likeness (QED) is 0.284. The zero-order valence-electron chi connectivity index (χ0n) is 18.1. The summed E-state index contributed by atoms with van der Waals surface area (Å²) >= 11 is 0. The molecule has 0 fully saturated rings. The number of hydrogen-bond donors (Lipinski definition) is 1. The topological polar surface area (TPSA) is 59.3 Å². The molecule has 5 aromatic rings. The maximum absolute atomic E-state index is 12.9. The molecule has 0 radical (unpaired) electrons. The Bertz CT molecular complexity index is 1470. The average molecular weight is 431 g/mol. The molecular weight excluding hydrogens is 408 g/mol. The first-order valence-electron chi connectivity index (χ1n) is 10.7. The highest BCUT2D eigenvalue weighted by molar-refractivity contribution is 5.95. The molecule has 0 saturated heterocycles. The van der Waals surface area contributed by atoms with E-state index in [1.807, 2.05) is 84.4 Å². The smallest absolute Gasteiger partial charge is 0.265 e. The monoisotopic (exact) mass is 430 g/mol. The molecule has 0 bridgehead atoms. The fourth-order valence-corrected chi connectivity index (χ4v) is 3.79. The lowest BCUT2D eigenvalue weighted by Crippen LogP contribution is -2.18. The summed E-state index contributed by atoms with van der Waals surface area (Å²) in [4.78, 5) is 12.9. The van der Waals surface area contributed by atoms with Gasteiger partial charge in [0.2, 0.25) is 0 Å². The number of aromatic nitrogens is 2. The van der Waals surface area contributed by atoms with Gasteiger partial charge in [-0.15, -0.1) is 0 Å². The first-order chi connectivity index (χ1) is 16.2. The maximum Gasteiger partial charge on any atom is 0.291 e. The number of carbonyl (C=O) groups is 1. The minimum absolute atomic E-state index is 0.298. The van der Waals surface area contributed by atoms with E-state index in [0.29, 0.717) is 5.69 Å². The number of nitrogens with zero attached hydrogens (tertiary/aromatic N) is 3. The molecule has 0 unspecified atom stereocenters. The number of para-hydroxylation sites is 1. The largest absolute Gasteiger partial charge is 0.291 e. The van der Waals surface area contributed by atoms with Gasteiger partial charge in [-0.2, -0.15) is 10.2 Å². The van der Waals surface area contributed by atoms with E-state index in [0.717, 1.165) is 38.8 Å². The zero-order chi connectivity index (χ0) is 22.6. The van der Waals surface area contributed by atoms with Gasteiger partial charge in [0, 0.05) is 5.56 Å². The third kappa shape index (κ3) is 4.29. The van der Waals surface area contributed by atoms with Crippen LogP contribution in [0.4, 0.5) is 0 Å². The van der Waals surface area contributed by atoms with Gasteiger partial charge in [0.15, 0.2) is 5.69 Å². The van der Waals surface area contributed by atoms with Gasteiger partial charge in [0.1, 0.15) is 0 Å². The molecule has 5 heteroatoms. The normalized spacial score (nSPS) is 11.2. The van der Waals surface area contributed by atoms with E-state index in [1.165, 1.54) is 0 Å². The van der Waals surface area contributed by atoms with Crippen LogP contribution in [0.15, 0.2) is 108 Å². The molecule has 0 saturated carbocycles. The lowest BCUT2D eigenvalue weighted by Gasteiger charge is -2.11. The van der Waals surface area contributed by atoms with Crippen molar-refractivity contribution >= 4 is 22.9 Å². The molecule has 5 rings (SSSR count). The minimum Gasteiger partial charge on any atom is -0.265 e. The number of amides is 1. The fraction of sp³-hybridized carbons (Fsp3) is 0.0357. The summed E-state index contributed by atoms with van der Waals surface area (Å²) in [5.74, 6) is -0.364. The van der Waals surface area contributed by atoms with Crippen molar-refractivity contribution in [3.05, 3.63) is 120 Å². The summed E-state index contributed by atoms with van der Waals surface area (Å²) in [5.41, 5.74) is 7.60. The molecule has 1 amide bonds. The molecule has 0 aliphatic heterocycles. The summed E-state index contributed by atoms with van der Waals surface area (Å²) in [6, 6.07) is 33.9. The third-order valence-electron chi connectivity index (χ3n) is 5.51. The van der Waals surface area contributed by atoms with Gasteiger partial charge in [0.05, 0.1) is 17.6 Å². The Hall–Kier alpha value is -4.51. The Morgan fingerprint density at radius 3 is 2.39 bits per heavy atom. The Morgan fingerprint density at radius 1 is 0.848 bits per heavy atom. The summed E-state index contributed by atoms with van der Waals surface area (Å²) in [5, 5.41) is 11.0. The summed E-state index contributed by atoms with van der Waals surface area (Å²) in [7, 11) is 0. The summed E-state index contributed by atoms with van der Waals surface area (Å²) in [6.45, 7) is 2.03. The number of rotatable bonds is 5. The molecule has 5 nitrogen and oxygen atoms in total. The second-order valence-corrected chi connectivity index (χ2v) is 7.78. The van der Waals surface area contributed by atoms with Gasteiger partial charge >= 0.3 is 0 Å². The second-order valence-electron chi connectivity index (χ2n) is 7.78. The van der Waals surface area contributed by atoms with E-state index >= 15 is 0 Å². The van der Waals surface area contributed by atoms with Crippen molar-refractivity contribution in [1.29, 1.82) is 0 Å². The molecule has 1 heterocycles. The van der Waals surface area contributed by atoms with Crippen LogP contribution in [0.5, 0.6) is 0 Å². The molecular formula is C28H22N4O. The van der Waals surface area contributed by atoms with Gasteiger partial charge in [-0.25, -0.2) is 10.1 Å². The first kappa shape index (κ1) is 20.4. The van der Waals surface area contributed by atoms with Crippen molar-refractivity contribution in [1.82, 2.24) is 15.2 Å². The van der Waals surface area contributed by atoms with Crippen LogP contribution in [-0.4, -0.2) is 21.9 Å². The van der Waals surface area contributed by atoms with Crippen molar-refractivity contribution in [3.63, 3.8) is 0 Å². The molecule has 1 N–H and O–H groups in total. The minimum atomic E-state index is -0.364. The number of aryl methyl sites for hydroxylation is 1. The van der Waals surface area contributed by atoms with Crippen LogP contribution >= 0.6 is 0 Å². The Labute approximate surface area is 192 Å². The average Bonchev–Trinajstić information content (AvgIpc) is 3.30. The molecule has 160 valence electrons. The molecule has 33 heavy (non-hydrogen) atoms. The predicted octanol–water partition coefficient (Wildman–Crippen LogP) is 5.76. The van der Waals surface area contributed by atoms with Gasteiger partial charge in [-0.05, 0) is 47.0 Å². The van der Waals surface area contributed by atoms with Crippen molar-refractivity contribution < 1.29 is 4.79 Å². The van der Waals surface area contributed by atoms with Gasteiger partial charge < -0.3 is 0 Å². The van der Waals surface area contributed by atoms with Crippen molar-refractivity contribution in [2.45, 2.75) is 6.92 Å². The lowest BCUT2D eigenvalue weighted by atomic mass is 10.0. The van der Waals surface area contributed by atoms with Crippen molar-refractivity contribution in [2.24, 2.45) is 5.10 Å². The highest BCUT2D eigenvalue weighted by atomic mass is 16.2. The van der Waals surface area contributed by atoms with E-state index in [-0.39, 0.29) is 5.91 Å². The van der Waals surface area contributed by atoms with Crippen LogP contribution < -0.4 is 5.43 Å². The number of hydrazone groups is 1. The first-order valence-corrected chi connectivity index (χ1v) is 10.7. The maximum atomic E-state index is 12.9. The van der Waals surface area contributed by atoms with Crippen LogP contribution in [-0.2, 0) is 0 Å². The van der Waals surface area contributed by atoms with E-state index < -0.39 is 0 Å². The van der Waals surface area contributed by atoms with Gasteiger partial charge in [0.25, 0.3) is 5.91 Å². The lowest BCUT2D eigenvalue weighted by molar-refractivity contribution is 0.0949. The van der Waals surface area contributed by atoms with Crippen LogP contribution in [0.3, 0.4) is 0 Å². The number of carbonyl (C=O) groups excluding carboxylic acids is 1. The second kappa shape index (κ2) is 8.93. The highest BCUT2D eigenvalue weighted by Gasteiger charge is 2.17. The molecule has 0 aliphatic carbocycles. The van der Waals surface area contributed by atoms with E-state index in [1.54, 1.807) is 6.21 Å². The standard InChI is InChI=1S/C28H22N4O/c1-20-9-5-8-14-26(20)32-27(24-16-15-22-12-6-7-13-23(22)17-24)18-25(31-32)28(33)30-29-19-21-10-3-2-4-11-21/h2-19H,1H3,(H,30,33)/b29-19-. The number of hydrogen-bond acceptors (Lipinski definition) is 3. The Kier molecular flexibility index (Phi) is 5.52.